The summed E-state index contributed by atoms with van der Waals surface area (Å²) in [4.78, 5) is 37.2. The Morgan fingerprint density at radius 3 is 2.00 bits per heavy atom. The molecule has 134 valence electrons. The number of aliphatic carboxylic acids is 1. The van der Waals surface area contributed by atoms with Crippen LogP contribution in [0.5, 0.6) is 0 Å². The van der Waals surface area contributed by atoms with E-state index in [0.717, 1.165) is 11.8 Å². The quantitative estimate of drug-likeness (QED) is 0.780. The van der Waals surface area contributed by atoms with Gasteiger partial charge in [0, 0.05) is 13.3 Å². The van der Waals surface area contributed by atoms with Crippen molar-refractivity contribution in [1.29, 1.82) is 0 Å². The van der Waals surface area contributed by atoms with Crippen LogP contribution in [0.1, 0.15) is 18.1 Å². The molecule has 0 saturated carbocycles. The minimum Gasteiger partial charge on any atom is -0.480 e. The largest absolute Gasteiger partial charge is 0.480 e. The minimum atomic E-state index is -1.34. The van der Waals surface area contributed by atoms with Crippen LogP contribution in [0.25, 0.3) is 0 Å². The van der Waals surface area contributed by atoms with E-state index in [2.05, 4.69) is 12.1 Å². The van der Waals surface area contributed by atoms with E-state index in [4.69, 9.17) is 5.73 Å². The first-order chi connectivity index (χ1) is 12.4. The molecule has 0 aliphatic rings. The summed E-state index contributed by atoms with van der Waals surface area (Å²) in [7, 11) is 0. The van der Waals surface area contributed by atoms with Crippen molar-refractivity contribution in [2.24, 2.45) is 5.73 Å². The van der Waals surface area contributed by atoms with E-state index >= 15 is 0 Å². The number of imide groups is 1. The smallest absolute Gasteiger partial charge is 0.327 e. The number of hydrogen-bond acceptors (Lipinski definition) is 4. The lowest BCUT2D eigenvalue weighted by atomic mass is 10.0. The number of hydrogen-bond donors (Lipinski definition) is 2. The standard InChI is InChI=1S/C20H20N2O4/c1-14(23)22(18(20(25)26)13-16-10-6-3-7-11-16)19(24)17(21)12-15-8-4-2-5-9-15/h2-8,10,17-18H,12-13,21H2,1H3,(H,25,26). The lowest BCUT2D eigenvalue weighted by Crippen LogP contribution is -2.54. The van der Waals surface area contributed by atoms with Crippen LogP contribution < -0.4 is 5.73 Å². The number of carboxylic acid groups (broad SMARTS) is 1. The number of carbonyl (C=O) groups is 3. The molecule has 0 aliphatic carbocycles. The Hall–Kier alpha value is -2.99. The van der Waals surface area contributed by atoms with Crippen LogP contribution in [0.15, 0.2) is 48.5 Å². The van der Waals surface area contributed by atoms with Crippen LogP contribution in [-0.2, 0) is 27.2 Å². The Kier molecular flexibility index (Phi) is 6.63. The summed E-state index contributed by atoms with van der Waals surface area (Å²) in [5.41, 5.74) is 7.25. The third-order valence-electron chi connectivity index (χ3n) is 3.89. The third kappa shape index (κ3) is 5.00. The molecule has 2 rings (SSSR count). The average molecular weight is 352 g/mol. The van der Waals surface area contributed by atoms with Crippen molar-refractivity contribution in [3.63, 3.8) is 0 Å². The normalized spacial score (nSPS) is 12.8. The zero-order valence-corrected chi connectivity index (χ0v) is 14.4. The third-order valence-corrected chi connectivity index (χ3v) is 3.89. The molecule has 0 saturated heterocycles. The van der Waals surface area contributed by atoms with Crippen LogP contribution in [0.2, 0.25) is 0 Å². The van der Waals surface area contributed by atoms with E-state index in [0.29, 0.717) is 11.1 Å². The van der Waals surface area contributed by atoms with E-state index in [1.54, 1.807) is 48.5 Å². The second-order valence-electron chi connectivity index (χ2n) is 5.87. The number of benzene rings is 2. The fourth-order valence-corrected chi connectivity index (χ4v) is 2.64. The second kappa shape index (κ2) is 8.92. The zero-order chi connectivity index (χ0) is 19.1. The molecule has 0 bridgehead atoms. The van der Waals surface area contributed by atoms with Gasteiger partial charge in [0.25, 0.3) is 0 Å². The fraction of sp³-hybridized carbons (Fsp3) is 0.250. The van der Waals surface area contributed by atoms with Crippen LogP contribution in [0, 0.1) is 12.1 Å². The van der Waals surface area contributed by atoms with Gasteiger partial charge in [-0.25, -0.2) is 4.79 Å². The van der Waals surface area contributed by atoms with Gasteiger partial charge in [0.1, 0.15) is 6.04 Å². The highest BCUT2D eigenvalue weighted by Crippen LogP contribution is 2.13. The van der Waals surface area contributed by atoms with Gasteiger partial charge in [-0.05, 0) is 29.7 Å². The molecule has 0 spiro atoms. The number of carbonyl (C=O) groups excluding carboxylic acids is 2. The number of carboxylic acids is 1. The van der Waals surface area contributed by atoms with E-state index in [1.807, 2.05) is 0 Å². The van der Waals surface area contributed by atoms with Crippen LogP contribution in [-0.4, -0.2) is 39.9 Å². The highest BCUT2D eigenvalue weighted by atomic mass is 16.4. The molecule has 6 nitrogen and oxygen atoms in total. The molecule has 3 N–H and O–H groups in total. The minimum absolute atomic E-state index is 0.0360. The number of rotatable bonds is 7. The van der Waals surface area contributed by atoms with E-state index in [1.165, 1.54) is 0 Å². The first-order valence-electron chi connectivity index (χ1n) is 8.13. The van der Waals surface area contributed by atoms with E-state index in [-0.39, 0.29) is 12.8 Å². The predicted molar refractivity (Wildman–Crippen MR) is 94.9 cm³/mol. The van der Waals surface area contributed by atoms with Crippen LogP contribution >= 0.6 is 0 Å². The molecule has 0 fully saturated rings. The van der Waals surface area contributed by atoms with Gasteiger partial charge in [0.15, 0.2) is 0 Å². The summed E-state index contributed by atoms with van der Waals surface area (Å²) in [5, 5.41) is 9.57. The Bertz CT molecular complexity index is 762. The van der Waals surface area contributed by atoms with Crippen molar-refractivity contribution in [2.75, 3.05) is 0 Å². The SMILES string of the molecule is CC(=O)N(C(=O)C(N)Cc1[c]cccc1)C(Cc1[c]cccc1)C(=O)O. The molecule has 0 heterocycles. The maximum Gasteiger partial charge on any atom is 0.327 e. The van der Waals surface area contributed by atoms with Gasteiger partial charge >= 0.3 is 5.97 Å². The summed E-state index contributed by atoms with van der Waals surface area (Å²) >= 11 is 0. The lowest BCUT2D eigenvalue weighted by Gasteiger charge is -2.28. The maximum atomic E-state index is 12.7. The van der Waals surface area contributed by atoms with Crippen LogP contribution in [0.3, 0.4) is 0 Å². The topological polar surface area (TPSA) is 101 Å². The van der Waals surface area contributed by atoms with Gasteiger partial charge in [-0.15, -0.1) is 0 Å². The number of nitrogens with two attached hydrogens (primary N) is 1. The Morgan fingerprint density at radius 2 is 1.58 bits per heavy atom. The van der Waals surface area contributed by atoms with Crippen molar-refractivity contribution < 1.29 is 19.5 Å². The Balaban J connectivity index is 2.22. The van der Waals surface area contributed by atoms with Crippen molar-refractivity contribution in [1.82, 2.24) is 4.90 Å². The highest BCUT2D eigenvalue weighted by Gasteiger charge is 2.35. The van der Waals surface area contributed by atoms with Crippen molar-refractivity contribution in [3.8, 4) is 0 Å². The molecule has 2 unspecified atom stereocenters. The van der Waals surface area contributed by atoms with Crippen molar-refractivity contribution in [2.45, 2.75) is 31.8 Å². The molecule has 0 aromatic heterocycles. The number of nitrogens with zero attached hydrogens (tertiary/aromatic N) is 1. The van der Waals surface area contributed by atoms with Gasteiger partial charge in [-0.2, -0.15) is 0 Å². The monoisotopic (exact) mass is 352 g/mol. The van der Waals surface area contributed by atoms with E-state index in [9.17, 15) is 19.5 Å². The predicted octanol–water partition coefficient (Wildman–Crippen LogP) is 1.23. The molecule has 0 aliphatic heterocycles. The maximum absolute atomic E-state index is 12.7. The first kappa shape index (κ1) is 19.3. The summed E-state index contributed by atoms with van der Waals surface area (Å²) in [6.07, 6.45) is 0.124. The van der Waals surface area contributed by atoms with Crippen LogP contribution in [0.4, 0.5) is 0 Å². The first-order valence-corrected chi connectivity index (χ1v) is 8.13. The summed E-state index contributed by atoms with van der Waals surface area (Å²) < 4.78 is 0. The van der Waals surface area contributed by atoms with Gasteiger partial charge in [0.2, 0.25) is 11.8 Å². The zero-order valence-electron chi connectivity index (χ0n) is 14.4. The summed E-state index contributed by atoms with van der Waals surface area (Å²) in [6.45, 7) is 1.16. The van der Waals surface area contributed by atoms with E-state index < -0.39 is 29.9 Å². The van der Waals surface area contributed by atoms with Crippen molar-refractivity contribution >= 4 is 17.8 Å². The molecular formula is C20H20N2O4. The molecule has 2 amide bonds. The highest BCUT2D eigenvalue weighted by molar-refractivity contribution is 6.00. The lowest BCUT2D eigenvalue weighted by molar-refractivity contribution is -0.157. The molecule has 2 atom stereocenters. The van der Waals surface area contributed by atoms with Gasteiger partial charge in [-0.3, -0.25) is 14.5 Å². The number of amides is 2. The Labute approximate surface area is 152 Å². The van der Waals surface area contributed by atoms with Gasteiger partial charge in [0.05, 0.1) is 6.04 Å². The fourth-order valence-electron chi connectivity index (χ4n) is 2.64. The molecule has 2 aromatic rings. The molecule has 6 heteroatoms. The Morgan fingerprint density at radius 1 is 1.04 bits per heavy atom. The van der Waals surface area contributed by atoms with Gasteiger partial charge < -0.3 is 10.8 Å². The average Bonchev–Trinajstić information content (AvgIpc) is 2.62. The summed E-state index contributed by atoms with van der Waals surface area (Å²) in [6, 6.07) is 17.3. The molecule has 26 heavy (non-hydrogen) atoms. The molecule has 2 radical (unpaired) electrons. The summed E-state index contributed by atoms with van der Waals surface area (Å²) in [5.74, 6) is -2.66. The molecular weight excluding hydrogens is 332 g/mol. The van der Waals surface area contributed by atoms with Gasteiger partial charge in [-0.1, -0.05) is 48.5 Å². The second-order valence-corrected chi connectivity index (χ2v) is 5.87. The molecule has 2 aromatic carbocycles. The van der Waals surface area contributed by atoms with Crippen molar-refractivity contribution in [3.05, 3.63) is 71.8 Å².